The molecule has 21 heavy (non-hydrogen) atoms. The summed E-state index contributed by atoms with van der Waals surface area (Å²) in [5, 5.41) is 11.0. The molecule has 0 radical (unpaired) electrons. The van der Waals surface area contributed by atoms with Gasteiger partial charge >= 0.3 is 0 Å². The molecule has 1 unspecified atom stereocenters. The maximum Gasteiger partial charge on any atom is 0.125 e. The fraction of sp³-hybridized carbons (Fsp3) is 0.294. The Balaban J connectivity index is 2.15. The summed E-state index contributed by atoms with van der Waals surface area (Å²) in [5.74, 6) is 1.31. The van der Waals surface area contributed by atoms with Crippen molar-refractivity contribution in [3.8, 4) is 11.5 Å². The van der Waals surface area contributed by atoms with Crippen LogP contribution >= 0.6 is 11.6 Å². The maximum absolute atomic E-state index is 10.4. The predicted molar refractivity (Wildman–Crippen MR) is 84.4 cm³/mol. The van der Waals surface area contributed by atoms with Crippen molar-refractivity contribution in [1.82, 2.24) is 0 Å². The minimum absolute atomic E-state index is 0.139. The molecule has 0 spiro atoms. The van der Waals surface area contributed by atoms with E-state index in [4.69, 9.17) is 21.1 Å². The Morgan fingerprint density at radius 1 is 1.19 bits per heavy atom. The summed E-state index contributed by atoms with van der Waals surface area (Å²) in [4.78, 5) is 0. The third-order valence-corrected chi connectivity index (χ3v) is 3.49. The molecule has 0 aliphatic rings. The van der Waals surface area contributed by atoms with E-state index in [-0.39, 0.29) is 6.61 Å². The Morgan fingerprint density at radius 2 is 1.95 bits per heavy atom. The number of hydrogen-bond donors (Lipinski definition) is 1. The SMILES string of the molecule is COc1cc(C)cc(C)c1C(O)COc1cccc(Cl)c1. The van der Waals surface area contributed by atoms with Gasteiger partial charge in [-0.3, -0.25) is 0 Å². The largest absolute Gasteiger partial charge is 0.496 e. The number of aryl methyl sites for hydroxylation is 2. The van der Waals surface area contributed by atoms with Crippen LogP contribution in [0.25, 0.3) is 0 Å². The Kier molecular flexibility index (Phi) is 5.10. The van der Waals surface area contributed by atoms with Crippen LogP contribution in [-0.2, 0) is 0 Å². The number of hydrogen-bond acceptors (Lipinski definition) is 3. The number of ether oxygens (including phenoxy) is 2. The molecule has 0 aliphatic heterocycles. The molecule has 1 N–H and O–H groups in total. The van der Waals surface area contributed by atoms with E-state index in [2.05, 4.69) is 0 Å². The summed E-state index contributed by atoms with van der Waals surface area (Å²) in [6, 6.07) is 11.0. The van der Waals surface area contributed by atoms with Crippen LogP contribution in [0.15, 0.2) is 36.4 Å². The van der Waals surface area contributed by atoms with Gasteiger partial charge in [-0.1, -0.05) is 23.7 Å². The van der Waals surface area contributed by atoms with Gasteiger partial charge in [-0.2, -0.15) is 0 Å². The average Bonchev–Trinajstić information content (AvgIpc) is 2.44. The van der Waals surface area contributed by atoms with Crippen LogP contribution < -0.4 is 9.47 Å². The molecule has 2 aromatic rings. The molecule has 2 aromatic carbocycles. The van der Waals surface area contributed by atoms with Gasteiger partial charge in [-0.15, -0.1) is 0 Å². The van der Waals surface area contributed by atoms with E-state index in [0.29, 0.717) is 16.5 Å². The normalized spacial score (nSPS) is 12.0. The Bertz CT molecular complexity index is 625. The first kappa shape index (κ1) is 15.7. The minimum Gasteiger partial charge on any atom is -0.496 e. The first-order valence-corrected chi connectivity index (χ1v) is 7.10. The lowest BCUT2D eigenvalue weighted by molar-refractivity contribution is 0.105. The molecule has 0 bridgehead atoms. The van der Waals surface area contributed by atoms with Gasteiger partial charge in [0.25, 0.3) is 0 Å². The quantitative estimate of drug-likeness (QED) is 0.904. The van der Waals surface area contributed by atoms with Crippen molar-refractivity contribution in [3.63, 3.8) is 0 Å². The van der Waals surface area contributed by atoms with Gasteiger partial charge in [0.2, 0.25) is 0 Å². The van der Waals surface area contributed by atoms with Crippen molar-refractivity contribution in [2.75, 3.05) is 13.7 Å². The lowest BCUT2D eigenvalue weighted by Gasteiger charge is -2.19. The molecule has 4 heteroatoms. The second-order valence-corrected chi connectivity index (χ2v) is 5.42. The van der Waals surface area contributed by atoms with E-state index in [1.165, 1.54) is 0 Å². The zero-order valence-electron chi connectivity index (χ0n) is 12.4. The van der Waals surface area contributed by atoms with Crippen molar-refractivity contribution < 1.29 is 14.6 Å². The minimum atomic E-state index is -0.764. The van der Waals surface area contributed by atoms with E-state index < -0.39 is 6.10 Å². The van der Waals surface area contributed by atoms with Crippen LogP contribution in [0.3, 0.4) is 0 Å². The summed E-state index contributed by atoms with van der Waals surface area (Å²) in [5.41, 5.74) is 2.83. The molecule has 112 valence electrons. The number of halogens is 1. The Morgan fingerprint density at radius 3 is 2.62 bits per heavy atom. The van der Waals surface area contributed by atoms with Crippen molar-refractivity contribution in [2.45, 2.75) is 20.0 Å². The summed E-state index contributed by atoms with van der Waals surface area (Å²) in [6.07, 6.45) is -0.764. The molecule has 1 atom stereocenters. The molecule has 0 heterocycles. The summed E-state index contributed by atoms with van der Waals surface area (Å²) >= 11 is 5.90. The van der Waals surface area contributed by atoms with Crippen molar-refractivity contribution >= 4 is 11.6 Å². The monoisotopic (exact) mass is 306 g/mol. The zero-order chi connectivity index (χ0) is 15.4. The second kappa shape index (κ2) is 6.83. The lowest BCUT2D eigenvalue weighted by atomic mass is 10.00. The summed E-state index contributed by atoms with van der Waals surface area (Å²) in [7, 11) is 1.60. The van der Waals surface area contributed by atoms with Gasteiger partial charge in [0.1, 0.15) is 24.2 Å². The third kappa shape index (κ3) is 3.90. The van der Waals surface area contributed by atoms with Gasteiger partial charge in [-0.25, -0.2) is 0 Å². The zero-order valence-corrected chi connectivity index (χ0v) is 13.1. The molecular weight excluding hydrogens is 288 g/mol. The highest BCUT2D eigenvalue weighted by Crippen LogP contribution is 2.30. The summed E-state index contributed by atoms with van der Waals surface area (Å²) < 4.78 is 11.0. The highest BCUT2D eigenvalue weighted by Gasteiger charge is 2.17. The van der Waals surface area contributed by atoms with Crippen molar-refractivity contribution in [3.05, 3.63) is 58.1 Å². The lowest BCUT2D eigenvalue weighted by Crippen LogP contribution is -2.12. The standard InChI is InChI=1S/C17H19ClO3/c1-11-7-12(2)17(16(8-11)20-3)15(19)10-21-14-6-4-5-13(18)9-14/h4-9,15,19H,10H2,1-3H3. The fourth-order valence-electron chi connectivity index (χ4n) is 2.35. The van der Waals surface area contributed by atoms with Crippen molar-refractivity contribution in [1.29, 1.82) is 0 Å². The van der Waals surface area contributed by atoms with E-state index in [1.54, 1.807) is 25.3 Å². The average molecular weight is 307 g/mol. The Hall–Kier alpha value is -1.71. The number of rotatable bonds is 5. The van der Waals surface area contributed by atoms with Gasteiger partial charge in [0.05, 0.1) is 7.11 Å². The predicted octanol–water partition coefficient (Wildman–Crippen LogP) is 4.08. The van der Waals surface area contributed by atoms with Crippen LogP contribution in [0.2, 0.25) is 5.02 Å². The maximum atomic E-state index is 10.4. The van der Waals surface area contributed by atoms with Crippen LogP contribution in [0.5, 0.6) is 11.5 Å². The Labute approximate surface area is 130 Å². The fourth-order valence-corrected chi connectivity index (χ4v) is 2.53. The molecule has 2 rings (SSSR count). The van der Waals surface area contributed by atoms with Crippen molar-refractivity contribution in [2.24, 2.45) is 0 Å². The van der Waals surface area contributed by atoms with Gasteiger partial charge < -0.3 is 14.6 Å². The molecule has 0 amide bonds. The van der Waals surface area contributed by atoms with Gasteiger partial charge in [0.15, 0.2) is 0 Å². The van der Waals surface area contributed by atoms with Gasteiger partial charge in [0, 0.05) is 10.6 Å². The molecule has 0 fully saturated rings. The first-order valence-electron chi connectivity index (χ1n) is 6.73. The summed E-state index contributed by atoms with van der Waals surface area (Å²) in [6.45, 7) is 4.09. The van der Waals surface area contributed by atoms with E-state index >= 15 is 0 Å². The van der Waals surface area contributed by atoms with Crippen LogP contribution in [0, 0.1) is 13.8 Å². The van der Waals surface area contributed by atoms with E-state index in [0.717, 1.165) is 16.7 Å². The molecule has 0 saturated heterocycles. The first-order chi connectivity index (χ1) is 10.0. The highest BCUT2D eigenvalue weighted by molar-refractivity contribution is 6.30. The molecule has 3 nitrogen and oxygen atoms in total. The number of aliphatic hydroxyl groups is 1. The number of benzene rings is 2. The third-order valence-electron chi connectivity index (χ3n) is 3.25. The second-order valence-electron chi connectivity index (χ2n) is 4.98. The molecular formula is C17H19ClO3. The molecule has 0 aliphatic carbocycles. The van der Waals surface area contributed by atoms with E-state index in [1.807, 2.05) is 32.0 Å². The highest BCUT2D eigenvalue weighted by atomic mass is 35.5. The van der Waals surface area contributed by atoms with Crippen LogP contribution in [-0.4, -0.2) is 18.8 Å². The number of aliphatic hydroxyl groups excluding tert-OH is 1. The topological polar surface area (TPSA) is 38.7 Å². The van der Waals surface area contributed by atoms with Crippen LogP contribution in [0.1, 0.15) is 22.8 Å². The molecule has 0 aromatic heterocycles. The van der Waals surface area contributed by atoms with Crippen LogP contribution in [0.4, 0.5) is 0 Å². The smallest absolute Gasteiger partial charge is 0.125 e. The number of methoxy groups -OCH3 is 1. The van der Waals surface area contributed by atoms with E-state index in [9.17, 15) is 5.11 Å². The van der Waals surface area contributed by atoms with Gasteiger partial charge in [-0.05, 0) is 49.2 Å². The molecule has 0 saturated carbocycles.